The number of hydrogen-bond donors (Lipinski definition) is 1. The monoisotopic (exact) mass is 266 g/mol. The van der Waals surface area contributed by atoms with Gasteiger partial charge < -0.3 is 5.73 Å². The van der Waals surface area contributed by atoms with Crippen LogP contribution in [0.1, 0.15) is 5.01 Å². The van der Waals surface area contributed by atoms with E-state index in [0.717, 1.165) is 11.1 Å². The van der Waals surface area contributed by atoms with Crippen LogP contribution in [-0.4, -0.2) is 14.6 Å². The quantitative estimate of drug-likeness (QED) is 0.773. The average Bonchev–Trinajstić information content (AvgIpc) is 2.86. The smallest absolute Gasteiger partial charge is 0.212 e. The fourth-order valence-electron chi connectivity index (χ4n) is 1.65. The molecule has 0 amide bonds. The van der Waals surface area contributed by atoms with Crippen molar-refractivity contribution in [2.24, 2.45) is 5.73 Å². The molecule has 2 N–H and O–H groups in total. The Hall–Kier alpha value is -1.86. The van der Waals surface area contributed by atoms with Crippen LogP contribution in [0.4, 0.5) is 8.78 Å². The van der Waals surface area contributed by atoms with Gasteiger partial charge in [0.1, 0.15) is 16.6 Å². The second-order valence-corrected chi connectivity index (χ2v) is 4.72. The first-order chi connectivity index (χ1) is 8.67. The zero-order valence-electron chi connectivity index (χ0n) is 9.10. The summed E-state index contributed by atoms with van der Waals surface area (Å²) in [6.07, 6.45) is 1.60. The van der Waals surface area contributed by atoms with E-state index in [9.17, 15) is 8.78 Å². The number of imidazole rings is 1. The standard InChI is InChI=1S/C11H8F2N4S/c12-6-1-2-7(8(13)3-6)9-5-17-11(15-9)18-10(4-14)16-17/h1-3,5H,4,14H2. The molecule has 0 atom stereocenters. The second kappa shape index (κ2) is 4.11. The van der Waals surface area contributed by atoms with Gasteiger partial charge in [0.25, 0.3) is 0 Å². The molecule has 3 aromatic rings. The van der Waals surface area contributed by atoms with Gasteiger partial charge in [-0.15, -0.1) is 0 Å². The van der Waals surface area contributed by atoms with Crippen LogP contribution in [0.25, 0.3) is 16.2 Å². The van der Waals surface area contributed by atoms with E-state index in [1.807, 2.05) is 0 Å². The van der Waals surface area contributed by atoms with Crippen LogP contribution in [0.3, 0.4) is 0 Å². The molecular formula is C11H8F2N4S. The van der Waals surface area contributed by atoms with Gasteiger partial charge in [0.2, 0.25) is 4.96 Å². The van der Waals surface area contributed by atoms with E-state index < -0.39 is 11.6 Å². The lowest BCUT2D eigenvalue weighted by atomic mass is 10.1. The molecule has 0 radical (unpaired) electrons. The van der Waals surface area contributed by atoms with Crippen LogP contribution in [0.5, 0.6) is 0 Å². The van der Waals surface area contributed by atoms with E-state index in [4.69, 9.17) is 5.73 Å². The fraction of sp³-hybridized carbons (Fsp3) is 0.0909. The Bertz CT molecular complexity index is 687. The minimum Gasteiger partial charge on any atom is -0.324 e. The van der Waals surface area contributed by atoms with Gasteiger partial charge in [0.15, 0.2) is 0 Å². The summed E-state index contributed by atoms with van der Waals surface area (Å²) >= 11 is 1.34. The van der Waals surface area contributed by atoms with Crippen LogP contribution in [0.2, 0.25) is 0 Å². The lowest BCUT2D eigenvalue weighted by Crippen LogP contribution is -1.95. The Morgan fingerprint density at radius 3 is 2.83 bits per heavy atom. The van der Waals surface area contributed by atoms with Gasteiger partial charge in [-0.1, -0.05) is 11.3 Å². The maximum absolute atomic E-state index is 13.6. The Morgan fingerprint density at radius 1 is 1.33 bits per heavy atom. The fourth-order valence-corrected chi connectivity index (χ4v) is 2.40. The van der Waals surface area contributed by atoms with Gasteiger partial charge in [-0.3, -0.25) is 0 Å². The third-order valence-electron chi connectivity index (χ3n) is 2.47. The van der Waals surface area contributed by atoms with Crippen LogP contribution in [0.15, 0.2) is 24.4 Å². The number of fused-ring (bicyclic) bond motifs is 1. The SMILES string of the molecule is NCc1nn2cc(-c3ccc(F)cc3F)nc2s1. The molecule has 3 rings (SSSR count). The summed E-state index contributed by atoms with van der Waals surface area (Å²) in [6.45, 7) is 0.342. The summed E-state index contributed by atoms with van der Waals surface area (Å²) < 4.78 is 28.0. The Morgan fingerprint density at radius 2 is 2.17 bits per heavy atom. The number of benzene rings is 1. The highest BCUT2D eigenvalue weighted by Crippen LogP contribution is 2.24. The number of nitrogens with zero attached hydrogens (tertiary/aromatic N) is 3. The first-order valence-corrected chi connectivity index (χ1v) is 5.99. The number of nitrogens with two attached hydrogens (primary N) is 1. The molecule has 0 saturated carbocycles. The van der Waals surface area contributed by atoms with Crippen molar-refractivity contribution in [3.8, 4) is 11.3 Å². The highest BCUT2D eigenvalue weighted by Gasteiger charge is 2.12. The summed E-state index contributed by atoms with van der Waals surface area (Å²) in [7, 11) is 0. The van der Waals surface area contributed by atoms with Gasteiger partial charge in [-0.25, -0.2) is 18.3 Å². The van der Waals surface area contributed by atoms with E-state index in [2.05, 4.69) is 10.1 Å². The van der Waals surface area contributed by atoms with E-state index in [1.54, 1.807) is 10.7 Å². The summed E-state index contributed by atoms with van der Waals surface area (Å²) in [4.78, 5) is 4.88. The zero-order valence-corrected chi connectivity index (χ0v) is 9.92. The minimum atomic E-state index is -0.639. The first kappa shape index (κ1) is 11.2. The molecular weight excluding hydrogens is 258 g/mol. The molecule has 1 aromatic carbocycles. The second-order valence-electron chi connectivity index (χ2n) is 3.68. The van der Waals surface area contributed by atoms with Crippen molar-refractivity contribution in [2.45, 2.75) is 6.54 Å². The molecule has 4 nitrogen and oxygen atoms in total. The van der Waals surface area contributed by atoms with E-state index in [-0.39, 0.29) is 5.56 Å². The highest BCUT2D eigenvalue weighted by atomic mass is 32.1. The van der Waals surface area contributed by atoms with Crippen LogP contribution < -0.4 is 5.73 Å². The molecule has 0 bridgehead atoms. The van der Waals surface area contributed by atoms with Crippen molar-refractivity contribution >= 4 is 16.3 Å². The van der Waals surface area contributed by atoms with Gasteiger partial charge in [-0.2, -0.15) is 5.10 Å². The summed E-state index contributed by atoms with van der Waals surface area (Å²) in [6, 6.07) is 3.40. The molecule has 0 aliphatic heterocycles. The number of aromatic nitrogens is 3. The van der Waals surface area contributed by atoms with Crippen molar-refractivity contribution < 1.29 is 8.78 Å². The molecule has 92 valence electrons. The maximum Gasteiger partial charge on any atom is 0.212 e. The lowest BCUT2D eigenvalue weighted by Gasteiger charge is -1.98. The van der Waals surface area contributed by atoms with Crippen molar-refractivity contribution in [3.63, 3.8) is 0 Å². The predicted molar refractivity (Wildman–Crippen MR) is 64.1 cm³/mol. The summed E-state index contributed by atoms with van der Waals surface area (Å²) in [5.41, 5.74) is 6.15. The van der Waals surface area contributed by atoms with Gasteiger partial charge >= 0.3 is 0 Å². The largest absolute Gasteiger partial charge is 0.324 e. The van der Waals surface area contributed by atoms with E-state index in [1.165, 1.54) is 23.5 Å². The number of halogens is 2. The highest BCUT2D eigenvalue weighted by molar-refractivity contribution is 7.16. The van der Waals surface area contributed by atoms with Crippen LogP contribution >= 0.6 is 11.3 Å². The molecule has 0 unspecified atom stereocenters. The number of rotatable bonds is 2. The topological polar surface area (TPSA) is 56.2 Å². The normalized spacial score (nSPS) is 11.3. The average molecular weight is 266 g/mol. The van der Waals surface area contributed by atoms with Crippen molar-refractivity contribution in [2.75, 3.05) is 0 Å². The molecule has 0 fully saturated rings. The molecule has 2 heterocycles. The third-order valence-corrected chi connectivity index (χ3v) is 3.41. The molecule has 7 heteroatoms. The molecule has 18 heavy (non-hydrogen) atoms. The molecule has 2 aromatic heterocycles. The summed E-state index contributed by atoms with van der Waals surface area (Å²) in [5, 5.41) is 4.93. The summed E-state index contributed by atoms with van der Waals surface area (Å²) in [5.74, 6) is -1.25. The van der Waals surface area contributed by atoms with Crippen LogP contribution in [0, 0.1) is 11.6 Å². The molecule has 0 spiro atoms. The Labute approximate surface area is 105 Å². The van der Waals surface area contributed by atoms with Gasteiger partial charge in [-0.05, 0) is 12.1 Å². The third kappa shape index (κ3) is 1.77. The van der Waals surface area contributed by atoms with E-state index >= 15 is 0 Å². The van der Waals surface area contributed by atoms with Crippen molar-refractivity contribution in [1.82, 2.24) is 14.6 Å². The predicted octanol–water partition coefficient (Wildman–Crippen LogP) is 2.19. The van der Waals surface area contributed by atoms with E-state index in [0.29, 0.717) is 17.2 Å². The molecule has 0 saturated heterocycles. The lowest BCUT2D eigenvalue weighted by molar-refractivity contribution is 0.585. The maximum atomic E-state index is 13.6. The zero-order chi connectivity index (χ0) is 12.7. The molecule has 0 aliphatic carbocycles. The Balaban J connectivity index is 2.10. The van der Waals surface area contributed by atoms with Gasteiger partial charge in [0, 0.05) is 18.2 Å². The Kier molecular flexibility index (Phi) is 2.57. The van der Waals surface area contributed by atoms with Crippen molar-refractivity contribution in [3.05, 3.63) is 41.0 Å². The number of hydrogen-bond acceptors (Lipinski definition) is 4. The van der Waals surface area contributed by atoms with Crippen molar-refractivity contribution in [1.29, 1.82) is 0 Å². The first-order valence-electron chi connectivity index (χ1n) is 5.18. The minimum absolute atomic E-state index is 0.253. The molecule has 0 aliphatic rings. The van der Waals surface area contributed by atoms with Crippen LogP contribution in [-0.2, 0) is 6.54 Å². The van der Waals surface area contributed by atoms with Gasteiger partial charge in [0.05, 0.1) is 11.9 Å².